The molecule has 0 spiro atoms. The molecule has 1 aliphatic rings. The van der Waals surface area contributed by atoms with E-state index in [-0.39, 0.29) is 6.42 Å². The molecule has 0 radical (unpaired) electrons. The van der Waals surface area contributed by atoms with Gasteiger partial charge in [0.1, 0.15) is 16.1 Å². The second-order valence-electron chi connectivity index (χ2n) is 6.76. The molecule has 1 aliphatic carbocycles. The van der Waals surface area contributed by atoms with E-state index in [1.165, 1.54) is 4.72 Å². The third-order valence-corrected chi connectivity index (χ3v) is 6.22. The summed E-state index contributed by atoms with van der Waals surface area (Å²) < 4.78 is 108. The Morgan fingerprint density at radius 1 is 1.17 bits per heavy atom. The smallest absolute Gasteiger partial charge is 0.343 e. The van der Waals surface area contributed by atoms with Crippen molar-refractivity contribution in [2.24, 2.45) is 7.05 Å². The molecular weight excluding hydrogens is 442 g/mol. The third-order valence-electron chi connectivity index (χ3n) is 4.69. The van der Waals surface area contributed by atoms with E-state index in [4.69, 9.17) is 0 Å². The first-order valence-electron chi connectivity index (χ1n) is 8.36. The molecule has 0 aliphatic heterocycles. The molecule has 30 heavy (non-hydrogen) atoms. The number of sulfonamides is 1. The van der Waals surface area contributed by atoms with Crippen molar-refractivity contribution in [3.63, 3.8) is 0 Å². The molecule has 7 nitrogen and oxygen atoms in total. The van der Waals surface area contributed by atoms with Gasteiger partial charge in [-0.25, -0.2) is 12.8 Å². The highest BCUT2D eigenvalue weighted by molar-refractivity contribution is 7.89. The fourth-order valence-electron chi connectivity index (χ4n) is 3.03. The number of nitrogens with zero attached hydrogens (tertiary/aromatic N) is 2. The highest BCUT2D eigenvalue weighted by Crippen LogP contribution is 2.46. The number of amides is 1. The zero-order valence-corrected chi connectivity index (χ0v) is 16.0. The Labute approximate surface area is 166 Å². The summed E-state index contributed by atoms with van der Waals surface area (Å²) in [4.78, 5) is 13.9. The molecule has 1 fully saturated rings. The van der Waals surface area contributed by atoms with Gasteiger partial charge in [0.05, 0.1) is 5.69 Å². The summed E-state index contributed by atoms with van der Waals surface area (Å²) in [6, 6.07) is 1.26. The Bertz CT molecular complexity index is 1090. The molecule has 1 amide bonds. The average Bonchev–Trinajstić information content (AvgIpc) is 2.84. The van der Waals surface area contributed by atoms with E-state index in [0.717, 1.165) is 11.6 Å². The number of nitrogens with one attached hydrogen (secondary N) is 2. The van der Waals surface area contributed by atoms with Crippen molar-refractivity contribution in [1.29, 1.82) is 0 Å². The average molecular weight is 456 g/mol. The maximum absolute atomic E-state index is 14.8. The third kappa shape index (κ3) is 3.88. The van der Waals surface area contributed by atoms with Gasteiger partial charge in [-0.3, -0.25) is 4.79 Å². The highest BCUT2D eigenvalue weighted by Gasteiger charge is 2.60. The zero-order chi connectivity index (χ0) is 22.5. The number of aromatic nitrogens is 2. The molecule has 2 heterocycles. The summed E-state index contributed by atoms with van der Waals surface area (Å²) in [6.07, 6.45) is -5.14. The number of carbonyl (C=O) groups excluding carboxylic acids is 1. The molecule has 0 bridgehead atoms. The molecule has 0 atom stereocenters. The molecule has 1 saturated carbocycles. The lowest BCUT2D eigenvalue weighted by Crippen LogP contribution is -2.62. The van der Waals surface area contributed by atoms with Crippen LogP contribution in [0, 0.1) is 17.7 Å². The molecule has 164 valence electrons. The van der Waals surface area contributed by atoms with Crippen LogP contribution in [0.5, 0.6) is 0 Å². The fourth-order valence-corrected chi connectivity index (χ4v) is 4.60. The highest BCUT2D eigenvalue weighted by atomic mass is 32.2. The van der Waals surface area contributed by atoms with Crippen LogP contribution in [0.2, 0.25) is 0 Å². The van der Waals surface area contributed by atoms with E-state index in [9.17, 15) is 39.6 Å². The van der Waals surface area contributed by atoms with Crippen LogP contribution in [0.25, 0.3) is 0 Å². The van der Waals surface area contributed by atoms with E-state index >= 15 is 0 Å². The van der Waals surface area contributed by atoms with E-state index in [1.54, 1.807) is 0 Å². The molecule has 2 aromatic rings. The van der Waals surface area contributed by atoms with Gasteiger partial charge in [-0.1, -0.05) is 0 Å². The van der Waals surface area contributed by atoms with Crippen molar-refractivity contribution >= 4 is 21.6 Å². The lowest BCUT2D eigenvalue weighted by Gasteiger charge is -2.43. The zero-order valence-electron chi connectivity index (χ0n) is 15.1. The van der Waals surface area contributed by atoms with Gasteiger partial charge in [0.2, 0.25) is 21.9 Å². The summed E-state index contributed by atoms with van der Waals surface area (Å²) in [5.74, 6) is -5.45. The number of rotatable bonds is 5. The number of alkyl halides is 3. The van der Waals surface area contributed by atoms with Crippen molar-refractivity contribution in [2.75, 3.05) is 5.32 Å². The molecule has 2 aromatic heterocycles. The number of carbonyl (C=O) groups is 1. The molecule has 14 heteroatoms. The first kappa shape index (κ1) is 22.1. The van der Waals surface area contributed by atoms with E-state index in [1.807, 2.05) is 5.32 Å². The number of halogens is 6. The minimum absolute atomic E-state index is 0.131. The Morgan fingerprint density at radius 2 is 1.73 bits per heavy atom. The number of pyridine rings is 1. The molecule has 3 rings (SSSR count). The number of hydrogen-bond acceptors (Lipinski definition) is 4. The first-order valence-corrected chi connectivity index (χ1v) is 9.84. The van der Waals surface area contributed by atoms with Crippen molar-refractivity contribution in [3.8, 4) is 0 Å². The van der Waals surface area contributed by atoms with E-state index in [0.29, 0.717) is 18.3 Å². The standard InChI is InChI=1S/C16H14F6N4O3S/c1-26-7-9(30(28,29)25-15(3-2-4-15)16(20,21)22)12(19)13(26)14(27)23-8-5-10(17)24-11(18)6-8/h5-7,25H,2-4H2,1H3,(H,23,24,27). The minimum atomic E-state index is -4.99. The van der Waals surface area contributed by atoms with Gasteiger partial charge in [-0.2, -0.15) is 31.7 Å². The minimum Gasteiger partial charge on any atom is -0.343 e. The monoisotopic (exact) mass is 456 g/mol. The second kappa shape index (κ2) is 7.27. The quantitative estimate of drug-likeness (QED) is 0.535. The largest absolute Gasteiger partial charge is 0.407 e. The van der Waals surface area contributed by atoms with Crippen LogP contribution in [0.4, 0.5) is 32.0 Å². The summed E-state index contributed by atoms with van der Waals surface area (Å²) in [7, 11) is -3.91. The van der Waals surface area contributed by atoms with Crippen molar-refractivity contribution in [2.45, 2.75) is 35.9 Å². The molecule has 2 N–H and O–H groups in total. The van der Waals surface area contributed by atoms with Crippen LogP contribution in [0.1, 0.15) is 29.8 Å². The Balaban J connectivity index is 1.92. The van der Waals surface area contributed by atoms with Crippen molar-refractivity contribution in [3.05, 3.63) is 41.7 Å². The topological polar surface area (TPSA) is 93.1 Å². The molecular formula is C16H14F6N4O3S. The lowest BCUT2D eigenvalue weighted by molar-refractivity contribution is -0.212. The van der Waals surface area contributed by atoms with Gasteiger partial charge in [0.25, 0.3) is 5.91 Å². The van der Waals surface area contributed by atoms with Gasteiger partial charge < -0.3 is 9.88 Å². The first-order chi connectivity index (χ1) is 13.8. The summed E-state index contributed by atoms with van der Waals surface area (Å²) in [5.41, 5.74) is -4.01. The second-order valence-corrected chi connectivity index (χ2v) is 8.41. The van der Waals surface area contributed by atoms with Gasteiger partial charge in [0.15, 0.2) is 5.82 Å². The van der Waals surface area contributed by atoms with Crippen molar-refractivity contribution < 1.29 is 39.6 Å². The Hall–Kier alpha value is -2.61. The van der Waals surface area contributed by atoms with Crippen LogP contribution < -0.4 is 10.0 Å². The van der Waals surface area contributed by atoms with Crippen LogP contribution >= 0.6 is 0 Å². The Kier molecular flexibility index (Phi) is 5.35. The SMILES string of the molecule is Cn1cc(S(=O)(=O)NC2(C(F)(F)F)CCC2)c(F)c1C(=O)Nc1cc(F)nc(F)c1. The maximum Gasteiger partial charge on any atom is 0.407 e. The van der Waals surface area contributed by atoms with Crippen LogP contribution in [-0.2, 0) is 17.1 Å². The maximum atomic E-state index is 14.8. The van der Waals surface area contributed by atoms with Gasteiger partial charge in [-0.05, 0) is 19.3 Å². The van der Waals surface area contributed by atoms with Crippen LogP contribution in [0.3, 0.4) is 0 Å². The molecule has 0 saturated heterocycles. The normalized spacial score (nSPS) is 16.2. The molecule has 0 aromatic carbocycles. The van der Waals surface area contributed by atoms with E-state index < -0.39 is 74.5 Å². The lowest BCUT2D eigenvalue weighted by atomic mass is 9.77. The predicted molar refractivity (Wildman–Crippen MR) is 90.4 cm³/mol. The summed E-state index contributed by atoms with van der Waals surface area (Å²) in [6.45, 7) is 0. The number of aryl methyl sites for hydroxylation is 1. The van der Waals surface area contributed by atoms with Gasteiger partial charge in [-0.15, -0.1) is 0 Å². The number of anilines is 1. The number of hydrogen-bond donors (Lipinski definition) is 2. The summed E-state index contributed by atoms with van der Waals surface area (Å²) >= 11 is 0. The Morgan fingerprint density at radius 3 is 2.20 bits per heavy atom. The van der Waals surface area contributed by atoms with Crippen molar-refractivity contribution in [1.82, 2.24) is 14.3 Å². The van der Waals surface area contributed by atoms with Gasteiger partial charge in [0, 0.05) is 25.4 Å². The van der Waals surface area contributed by atoms with Gasteiger partial charge >= 0.3 is 6.18 Å². The fraction of sp³-hybridized carbons (Fsp3) is 0.375. The molecule has 0 unspecified atom stereocenters. The van der Waals surface area contributed by atoms with Crippen LogP contribution in [-0.4, -0.2) is 35.6 Å². The van der Waals surface area contributed by atoms with E-state index in [2.05, 4.69) is 4.98 Å². The summed E-state index contributed by atoms with van der Waals surface area (Å²) in [5, 5.41) is 1.97. The van der Waals surface area contributed by atoms with Crippen LogP contribution in [0.15, 0.2) is 23.2 Å². The predicted octanol–water partition coefficient (Wildman–Crippen LogP) is 2.85.